The van der Waals surface area contributed by atoms with Gasteiger partial charge in [0, 0.05) is 17.1 Å². The van der Waals surface area contributed by atoms with E-state index in [-0.39, 0.29) is 5.56 Å². The van der Waals surface area contributed by atoms with Crippen molar-refractivity contribution in [3.05, 3.63) is 45.8 Å². The van der Waals surface area contributed by atoms with Crippen LogP contribution in [0, 0.1) is 6.92 Å². The Labute approximate surface area is 116 Å². The fourth-order valence-electron chi connectivity index (χ4n) is 1.88. The third kappa shape index (κ3) is 3.12. The molecule has 2 aromatic rings. The van der Waals surface area contributed by atoms with Gasteiger partial charge in [-0.05, 0) is 37.4 Å². The van der Waals surface area contributed by atoms with Crippen molar-refractivity contribution in [3.8, 4) is 0 Å². The van der Waals surface area contributed by atoms with E-state index in [0.29, 0.717) is 18.9 Å². The van der Waals surface area contributed by atoms with Crippen LogP contribution in [0.5, 0.6) is 0 Å². The van der Waals surface area contributed by atoms with Crippen LogP contribution in [0.3, 0.4) is 0 Å². The van der Waals surface area contributed by atoms with E-state index in [9.17, 15) is 9.90 Å². The molecule has 0 spiro atoms. The van der Waals surface area contributed by atoms with E-state index in [0.717, 1.165) is 5.69 Å². The van der Waals surface area contributed by atoms with Crippen molar-refractivity contribution < 1.29 is 9.90 Å². The molecular formula is C14H16N2O2S. The highest BCUT2D eigenvalue weighted by Gasteiger charge is 2.17. The Morgan fingerprint density at radius 3 is 2.79 bits per heavy atom. The number of aryl methyl sites for hydroxylation is 1. The summed E-state index contributed by atoms with van der Waals surface area (Å²) in [5, 5.41) is 11.3. The van der Waals surface area contributed by atoms with Crippen LogP contribution < -0.4 is 4.90 Å². The number of aromatic nitrogens is 1. The third-order valence-electron chi connectivity index (χ3n) is 2.85. The van der Waals surface area contributed by atoms with Crippen molar-refractivity contribution in [1.82, 2.24) is 4.98 Å². The summed E-state index contributed by atoms with van der Waals surface area (Å²) in [6.45, 7) is 5.27. The SMILES string of the molecule is CCN(Cc1cccs1)c1nc(C)ccc1C(=O)O. The topological polar surface area (TPSA) is 53.4 Å². The van der Waals surface area contributed by atoms with Crippen LogP contribution in [0.25, 0.3) is 0 Å². The fraction of sp³-hybridized carbons (Fsp3) is 0.286. The summed E-state index contributed by atoms with van der Waals surface area (Å²) < 4.78 is 0. The van der Waals surface area contributed by atoms with E-state index < -0.39 is 5.97 Å². The highest BCUT2D eigenvalue weighted by molar-refractivity contribution is 7.09. The molecule has 0 fully saturated rings. The van der Waals surface area contributed by atoms with Crippen LogP contribution >= 0.6 is 11.3 Å². The number of hydrogen-bond donors (Lipinski definition) is 1. The molecule has 0 saturated heterocycles. The number of rotatable bonds is 5. The van der Waals surface area contributed by atoms with Gasteiger partial charge in [-0.1, -0.05) is 6.07 Å². The average Bonchev–Trinajstić information content (AvgIpc) is 2.88. The van der Waals surface area contributed by atoms with Crippen molar-refractivity contribution in [2.24, 2.45) is 0 Å². The summed E-state index contributed by atoms with van der Waals surface area (Å²) in [7, 11) is 0. The molecule has 0 amide bonds. The zero-order chi connectivity index (χ0) is 13.8. The van der Waals surface area contributed by atoms with Gasteiger partial charge in [0.25, 0.3) is 0 Å². The number of carboxylic acid groups (broad SMARTS) is 1. The predicted octanol–water partition coefficient (Wildman–Crippen LogP) is 3.18. The number of carbonyl (C=O) groups is 1. The highest BCUT2D eigenvalue weighted by Crippen LogP contribution is 2.22. The van der Waals surface area contributed by atoms with E-state index in [1.165, 1.54) is 4.88 Å². The maximum absolute atomic E-state index is 11.3. The highest BCUT2D eigenvalue weighted by atomic mass is 32.1. The Bertz CT molecular complexity index is 567. The first-order chi connectivity index (χ1) is 9.11. The van der Waals surface area contributed by atoms with Gasteiger partial charge in [0.2, 0.25) is 0 Å². The monoisotopic (exact) mass is 276 g/mol. The second kappa shape index (κ2) is 5.84. The van der Waals surface area contributed by atoms with Gasteiger partial charge >= 0.3 is 5.97 Å². The van der Waals surface area contributed by atoms with Crippen molar-refractivity contribution in [3.63, 3.8) is 0 Å². The van der Waals surface area contributed by atoms with Gasteiger partial charge in [0.05, 0.1) is 6.54 Å². The van der Waals surface area contributed by atoms with Gasteiger partial charge in [-0.25, -0.2) is 9.78 Å². The first kappa shape index (κ1) is 13.5. The molecule has 0 unspecified atom stereocenters. The van der Waals surface area contributed by atoms with Crippen LogP contribution in [0.2, 0.25) is 0 Å². The van der Waals surface area contributed by atoms with Gasteiger partial charge in [-0.2, -0.15) is 0 Å². The largest absolute Gasteiger partial charge is 0.478 e. The molecule has 0 saturated carbocycles. The second-order valence-corrected chi connectivity index (χ2v) is 5.25. The van der Waals surface area contributed by atoms with Crippen LogP contribution in [0.4, 0.5) is 5.82 Å². The van der Waals surface area contributed by atoms with E-state index in [2.05, 4.69) is 4.98 Å². The number of hydrogen-bond acceptors (Lipinski definition) is 4. The number of aromatic carboxylic acids is 1. The zero-order valence-electron chi connectivity index (χ0n) is 11.0. The molecule has 1 N–H and O–H groups in total. The Morgan fingerprint density at radius 1 is 1.42 bits per heavy atom. The summed E-state index contributed by atoms with van der Waals surface area (Å²) in [5.41, 5.74) is 1.08. The zero-order valence-corrected chi connectivity index (χ0v) is 11.8. The molecule has 19 heavy (non-hydrogen) atoms. The minimum atomic E-state index is -0.938. The van der Waals surface area contributed by atoms with Gasteiger partial charge in [-0.3, -0.25) is 0 Å². The number of pyridine rings is 1. The minimum absolute atomic E-state index is 0.254. The number of nitrogens with zero attached hydrogens (tertiary/aromatic N) is 2. The summed E-state index contributed by atoms with van der Waals surface area (Å²) in [6, 6.07) is 7.39. The van der Waals surface area contributed by atoms with Gasteiger partial charge in [-0.15, -0.1) is 11.3 Å². The molecule has 2 heterocycles. The summed E-state index contributed by atoms with van der Waals surface area (Å²) >= 11 is 1.66. The molecular weight excluding hydrogens is 260 g/mol. The Morgan fingerprint density at radius 2 is 2.21 bits per heavy atom. The van der Waals surface area contributed by atoms with Crippen LogP contribution in [0.1, 0.15) is 27.9 Å². The smallest absolute Gasteiger partial charge is 0.339 e. The normalized spacial score (nSPS) is 10.4. The van der Waals surface area contributed by atoms with Gasteiger partial charge in [0.1, 0.15) is 11.4 Å². The van der Waals surface area contributed by atoms with Crippen molar-refractivity contribution in [2.75, 3.05) is 11.4 Å². The van der Waals surface area contributed by atoms with Crippen LogP contribution in [-0.4, -0.2) is 22.6 Å². The number of thiophene rings is 1. The summed E-state index contributed by atoms with van der Waals surface area (Å²) in [6.07, 6.45) is 0. The van der Waals surface area contributed by atoms with Gasteiger partial charge < -0.3 is 10.0 Å². The lowest BCUT2D eigenvalue weighted by molar-refractivity contribution is 0.0697. The maximum atomic E-state index is 11.3. The number of anilines is 1. The molecule has 0 aliphatic carbocycles. The molecule has 0 aliphatic rings. The Balaban J connectivity index is 2.36. The van der Waals surface area contributed by atoms with Crippen molar-refractivity contribution in [1.29, 1.82) is 0 Å². The molecule has 5 heteroatoms. The standard InChI is InChI=1S/C14H16N2O2S/c1-3-16(9-11-5-4-8-19-11)13-12(14(17)18)7-6-10(2)15-13/h4-8H,3,9H2,1-2H3,(H,17,18). The quantitative estimate of drug-likeness (QED) is 0.911. The molecule has 100 valence electrons. The molecule has 0 atom stereocenters. The second-order valence-electron chi connectivity index (χ2n) is 4.22. The average molecular weight is 276 g/mol. The molecule has 0 aliphatic heterocycles. The third-order valence-corrected chi connectivity index (χ3v) is 3.71. The molecule has 0 aromatic carbocycles. The van der Waals surface area contributed by atoms with Crippen LogP contribution in [0.15, 0.2) is 29.6 Å². The first-order valence-electron chi connectivity index (χ1n) is 6.10. The maximum Gasteiger partial charge on any atom is 0.339 e. The van der Waals surface area contributed by atoms with Crippen molar-refractivity contribution >= 4 is 23.1 Å². The molecule has 0 radical (unpaired) electrons. The summed E-state index contributed by atoms with van der Waals surface area (Å²) in [5.74, 6) is -0.393. The minimum Gasteiger partial charge on any atom is -0.478 e. The lowest BCUT2D eigenvalue weighted by Gasteiger charge is -2.23. The Kier molecular flexibility index (Phi) is 4.16. The molecule has 2 aromatic heterocycles. The number of carboxylic acids is 1. The predicted molar refractivity (Wildman–Crippen MR) is 77.0 cm³/mol. The van der Waals surface area contributed by atoms with Crippen LogP contribution in [-0.2, 0) is 6.54 Å². The van der Waals surface area contributed by atoms with E-state index in [1.807, 2.05) is 36.3 Å². The summed E-state index contributed by atoms with van der Waals surface area (Å²) in [4.78, 5) is 18.9. The lowest BCUT2D eigenvalue weighted by Crippen LogP contribution is -2.25. The molecule has 2 rings (SSSR count). The van der Waals surface area contributed by atoms with E-state index >= 15 is 0 Å². The van der Waals surface area contributed by atoms with E-state index in [1.54, 1.807) is 23.5 Å². The van der Waals surface area contributed by atoms with Gasteiger partial charge in [0.15, 0.2) is 0 Å². The van der Waals surface area contributed by atoms with E-state index in [4.69, 9.17) is 0 Å². The first-order valence-corrected chi connectivity index (χ1v) is 6.98. The molecule has 0 bridgehead atoms. The fourth-order valence-corrected chi connectivity index (χ4v) is 2.60. The molecule has 4 nitrogen and oxygen atoms in total. The van der Waals surface area contributed by atoms with Crippen molar-refractivity contribution in [2.45, 2.75) is 20.4 Å². The lowest BCUT2D eigenvalue weighted by atomic mass is 10.2. The Hall–Kier alpha value is -1.88.